The number of hydrogen-bond donors (Lipinski definition) is 2. The molecule has 1 fully saturated rings. The normalized spacial score (nSPS) is 18.3. The third-order valence-electron chi connectivity index (χ3n) is 5.24. The fourth-order valence-electron chi connectivity index (χ4n) is 3.59. The van der Waals surface area contributed by atoms with Crippen LogP contribution in [-0.2, 0) is 4.79 Å². The van der Waals surface area contributed by atoms with E-state index in [4.69, 9.17) is 58.0 Å². The van der Waals surface area contributed by atoms with Gasteiger partial charge in [0.1, 0.15) is 10.2 Å². The van der Waals surface area contributed by atoms with Gasteiger partial charge in [0.2, 0.25) is 5.91 Å². The standard InChI is InChI=1S/C23H13Cl5FIN2O2/c24-11-5-10(6-12(25)7-11)19-20(23(19,27)28)22(34)32-13-1-3-16(26)15(8-13)21(33)31-14-2-4-18(30)17(29)9-14/h1-9,19-20H,(H,31,33)(H,32,34)/t19-,20+/m0/s1. The quantitative estimate of drug-likeness (QED) is 0.212. The summed E-state index contributed by atoms with van der Waals surface area (Å²) in [7, 11) is 0. The summed E-state index contributed by atoms with van der Waals surface area (Å²) in [6.07, 6.45) is 0. The minimum Gasteiger partial charge on any atom is -0.326 e. The molecule has 0 spiro atoms. The highest BCUT2D eigenvalue weighted by atomic mass is 127. The van der Waals surface area contributed by atoms with Crippen molar-refractivity contribution in [2.75, 3.05) is 10.6 Å². The largest absolute Gasteiger partial charge is 0.326 e. The van der Waals surface area contributed by atoms with E-state index in [0.717, 1.165) is 0 Å². The molecule has 1 aliphatic rings. The molecule has 2 amide bonds. The van der Waals surface area contributed by atoms with Gasteiger partial charge in [-0.1, -0.05) is 34.8 Å². The number of halogens is 7. The first-order valence-electron chi connectivity index (χ1n) is 9.68. The van der Waals surface area contributed by atoms with Crippen LogP contribution in [0.2, 0.25) is 15.1 Å². The average Bonchev–Trinajstić information content (AvgIpc) is 3.33. The van der Waals surface area contributed by atoms with Gasteiger partial charge < -0.3 is 10.6 Å². The smallest absolute Gasteiger partial charge is 0.257 e. The molecule has 0 unspecified atom stereocenters. The first-order valence-corrected chi connectivity index (χ1v) is 12.6. The summed E-state index contributed by atoms with van der Waals surface area (Å²) in [4.78, 5) is 25.7. The van der Waals surface area contributed by atoms with Crippen molar-refractivity contribution >= 4 is 104 Å². The second-order valence-corrected chi connectivity index (χ2v) is 11.5. The molecule has 0 aromatic heterocycles. The molecule has 3 aromatic rings. The van der Waals surface area contributed by atoms with Crippen molar-refractivity contribution in [3.05, 3.63) is 90.2 Å². The zero-order chi connectivity index (χ0) is 24.8. The number of hydrogen-bond acceptors (Lipinski definition) is 2. The van der Waals surface area contributed by atoms with E-state index in [9.17, 15) is 14.0 Å². The van der Waals surface area contributed by atoms with Gasteiger partial charge in [0.25, 0.3) is 5.91 Å². The number of carbonyl (C=O) groups excluding carboxylic acids is 2. The number of rotatable bonds is 5. The highest BCUT2D eigenvalue weighted by Crippen LogP contribution is 2.65. The molecule has 0 heterocycles. The third kappa shape index (κ3) is 5.42. The number of nitrogens with one attached hydrogen (secondary N) is 2. The van der Waals surface area contributed by atoms with Crippen molar-refractivity contribution in [2.45, 2.75) is 10.3 Å². The van der Waals surface area contributed by atoms with Gasteiger partial charge in [-0.05, 0) is 82.8 Å². The maximum atomic E-state index is 13.8. The van der Waals surface area contributed by atoms with E-state index in [1.54, 1.807) is 30.3 Å². The van der Waals surface area contributed by atoms with E-state index in [0.29, 0.717) is 24.9 Å². The van der Waals surface area contributed by atoms with E-state index >= 15 is 0 Å². The molecule has 4 rings (SSSR count). The lowest BCUT2D eigenvalue weighted by molar-refractivity contribution is -0.117. The molecule has 4 nitrogen and oxygen atoms in total. The number of carbonyl (C=O) groups is 2. The minimum absolute atomic E-state index is 0.0930. The van der Waals surface area contributed by atoms with Crippen LogP contribution in [0.15, 0.2) is 54.6 Å². The van der Waals surface area contributed by atoms with Crippen LogP contribution in [0.1, 0.15) is 21.8 Å². The van der Waals surface area contributed by atoms with Gasteiger partial charge in [-0.25, -0.2) is 4.39 Å². The second kappa shape index (κ2) is 9.99. The maximum Gasteiger partial charge on any atom is 0.257 e. The van der Waals surface area contributed by atoms with Crippen molar-refractivity contribution in [2.24, 2.45) is 5.92 Å². The lowest BCUT2D eigenvalue weighted by Crippen LogP contribution is -2.18. The van der Waals surface area contributed by atoms with Crippen LogP contribution in [0.5, 0.6) is 0 Å². The first-order chi connectivity index (χ1) is 16.0. The Hall–Kier alpha value is -1.29. The summed E-state index contributed by atoms with van der Waals surface area (Å²) in [5.74, 6) is -2.76. The third-order valence-corrected chi connectivity index (χ3v) is 7.82. The zero-order valence-electron chi connectivity index (χ0n) is 16.8. The van der Waals surface area contributed by atoms with Crippen LogP contribution in [0, 0.1) is 15.3 Å². The number of alkyl halides is 2. The van der Waals surface area contributed by atoms with E-state index in [2.05, 4.69) is 10.6 Å². The van der Waals surface area contributed by atoms with Crippen molar-refractivity contribution < 1.29 is 14.0 Å². The summed E-state index contributed by atoms with van der Waals surface area (Å²) in [5, 5.41) is 6.27. The fraction of sp³-hybridized carbons (Fsp3) is 0.130. The predicted molar refractivity (Wildman–Crippen MR) is 144 cm³/mol. The van der Waals surface area contributed by atoms with Gasteiger partial charge in [0.15, 0.2) is 0 Å². The van der Waals surface area contributed by atoms with Crippen LogP contribution < -0.4 is 10.6 Å². The van der Waals surface area contributed by atoms with Gasteiger partial charge >= 0.3 is 0 Å². The molecule has 2 N–H and O–H groups in total. The molecular weight excluding hydrogens is 659 g/mol. The molecule has 34 heavy (non-hydrogen) atoms. The highest BCUT2D eigenvalue weighted by Gasteiger charge is 2.67. The summed E-state index contributed by atoms with van der Waals surface area (Å²) in [5.41, 5.74) is 1.31. The average molecular weight is 673 g/mol. The minimum atomic E-state index is -1.35. The Kier molecular flexibility index (Phi) is 7.58. The Bertz CT molecular complexity index is 1300. The zero-order valence-corrected chi connectivity index (χ0v) is 22.8. The molecule has 11 heteroatoms. The molecular formula is C23H13Cl5FIN2O2. The molecule has 176 valence electrons. The second-order valence-electron chi connectivity index (χ2n) is 7.60. The summed E-state index contributed by atoms with van der Waals surface area (Å²) >= 11 is 33.0. The van der Waals surface area contributed by atoms with Crippen LogP contribution in [0.4, 0.5) is 15.8 Å². The van der Waals surface area contributed by atoms with Crippen molar-refractivity contribution in [3.8, 4) is 0 Å². The number of amides is 2. The Morgan fingerprint density at radius 2 is 1.50 bits per heavy atom. The first kappa shape index (κ1) is 25.8. The molecule has 1 saturated carbocycles. The topological polar surface area (TPSA) is 58.2 Å². The molecule has 1 aliphatic carbocycles. The van der Waals surface area contributed by atoms with E-state index < -0.39 is 33.8 Å². The van der Waals surface area contributed by atoms with Crippen LogP contribution in [-0.4, -0.2) is 16.1 Å². The van der Waals surface area contributed by atoms with Crippen molar-refractivity contribution in [1.29, 1.82) is 0 Å². The predicted octanol–water partition coefficient (Wildman–Crippen LogP) is 8.17. The molecule has 2 atom stereocenters. The molecule has 0 aliphatic heterocycles. The summed E-state index contributed by atoms with van der Waals surface area (Å²) in [6.45, 7) is 0. The Morgan fingerprint density at radius 1 is 0.882 bits per heavy atom. The molecule has 0 bridgehead atoms. The Morgan fingerprint density at radius 3 is 2.15 bits per heavy atom. The molecule has 0 radical (unpaired) electrons. The Labute approximate surface area is 233 Å². The fourth-order valence-corrected chi connectivity index (χ4v) is 5.50. The van der Waals surface area contributed by atoms with Gasteiger partial charge in [-0.3, -0.25) is 9.59 Å². The summed E-state index contributed by atoms with van der Waals surface area (Å²) in [6, 6.07) is 13.6. The van der Waals surface area contributed by atoms with E-state index in [-0.39, 0.29) is 16.3 Å². The highest BCUT2D eigenvalue weighted by molar-refractivity contribution is 14.1. The van der Waals surface area contributed by atoms with Gasteiger partial charge in [-0.2, -0.15) is 0 Å². The van der Waals surface area contributed by atoms with Crippen molar-refractivity contribution in [1.82, 2.24) is 0 Å². The van der Waals surface area contributed by atoms with E-state index in [1.807, 2.05) is 22.6 Å². The van der Waals surface area contributed by atoms with Gasteiger partial charge in [-0.15, -0.1) is 23.2 Å². The Balaban J connectivity index is 1.51. The lowest BCUT2D eigenvalue weighted by atomic mass is 10.1. The van der Waals surface area contributed by atoms with Crippen LogP contribution in [0.3, 0.4) is 0 Å². The van der Waals surface area contributed by atoms with Crippen LogP contribution in [0.25, 0.3) is 0 Å². The molecule has 0 saturated heterocycles. The van der Waals surface area contributed by atoms with E-state index in [1.165, 1.54) is 24.3 Å². The lowest BCUT2D eigenvalue weighted by Gasteiger charge is -2.11. The number of benzene rings is 3. The SMILES string of the molecule is O=C(Nc1ccc(I)c(F)c1)c1cc(NC(=O)[C@H]2[C@H](c3cc(Cl)cc(Cl)c3)C2(Cl)Cl)ccc1Cl. The van der Waals surface area contributed by atoms with Gasteiger partial charge in [0, 0.05) is 30.9 Å². The summed E-state index contributed by atoms with van der Waals surface area (Å²) < 4.78 is 12.9. The monoisotopic (exact) mass is 670 g/mol. The van der Waals surface area contributed by atoms with Crippen LogP contribution >= 0.6 is 80.6 Å². The number of anilines is 2. The maximum absolute atomic E-state index is 13.8. The van der Waals surface area contributed by atoms with Crippen molar-refractivity contribution in [3.63, 3.8) is 0 Å². The van der Waals surface area contributed by atoms with Gasteiger partial charge in [0.05, 0.1) is 16.5 Å². The molecule has 3 aromatic carbocycles.